The Bertz CT molecular complexity index is 3090. The van der Waals surface area contributed by atoms with Gasteiger partial charge in [0, 0.05) is 69.0 Å². The summed E-state index contributed by atoms with van der Waals surface area (Å²) in [5, 5.41) is 8.13. The quantitative estimate of drug-likeness (QED) is 0.257. The Hall–Kier alpha value is -7.06. The van der Waals surface area contributed by atoms with E-state index >= 15 is 19.2 Å². The first kappa shape index (κ1) is 79.3. The molecule has 1 aromatic rings. The van der Waals surface area contributed by atoms with Crippen LogP contribution in [-0.4, -0.2) is 251 Å². The highest BCUT2D eigenvalue weighted by molar-refractivity contribution is 6.31. The number of alkyl halides is 3. The van der Waals surface area contributed by atoms with Gasteiger partial charge in [0.2, 0.25) is 70.9 Å². The largest absolute Gasteiger partial charge is 0.417 e. The van der Waals surface area contributed by atoms with Crippen molar-refractivity contribution in [2.75, 3.05) is 88.6 Å². The monoisotopic (exact) mass is 1410 g/mol. The number of hydrogen-bond donors (Lipinski definition) is 3. The minimum absolute atomic E-state index is 0.0206. The second kappa shape index (κ2) is 35.0. The lowest BCUT2D eigenvalue weighted by molar-refractivity contribution is -0.156. The third-order valence-corrected chi connectivity index (χ3v) is 21.9. The van der Waals surface area contributed by atoms with Crippen LogP contribution < -0.4 is 16.0 Å². The average Bonchev–Trinajstić information content (AvgIpc) is 1.73. The molecule has 6 aliphatic rings. The van der Waals surface area contributed by atoms with Crippen molar-refractivity contribution >= 4 is 82.5 Å². The summed E-state index contributed by atoms with van der Waals surface area (Å²) >= 11 is 6.16. The van der Waals surface area contributed by atoms with Gasteiger partial charge in [-0.2, -0.15) is 13.2 Å². The molecule has 3 aliphatic carbocycles. The van der Waals surface area contributed by atoms with E-state index in [9.17, 15) is 51.5 Å². The van der Waals surface area contributed by atoms with Crippen LogP contribution in [0.5, 0.6) is 0 Å². The van der Waals surface area contributed by atoms with Crippen LogP contribution in [0, 0.1) is 23.7 Å². The van der Waals surface area contributed by atoms with Crippen molar-refractivity contribution in [3.8, 4) is 0 Å². The zero-order chi connectivity index (χ0) is 73.0. The summed E-state index contributed by atoms with van der Waals surface area (Å²) in [6.45, 7) is 6.26. The zero-order valence-corrected chi connectivity index (χ0v) is 60.8. The highest BCUT2D eigenvalue weighted by atomic mass is 35.5. The fourth-order valence-electron chi connectivity index (χ4n) is 15.5. The van der Waals surface area contributed by atoms with Gasteiger partial charge in [0.15, 0.2) is 0 Å². The molecule has 7 rings (SSSR count). The van der Waals surface area contributed by atoms with E-state index in [1.807, 2.05) is 13.8 Å². The summed E-state index contributed by atoms with van der Waals surface area (Å²) in [6, 6.07) is -5.52. The third-order valence-electron chi connectivity index (χ3n) is 21.6. The molecule has 1 spiro atoms. The molecule has 12 amide bonds. The molecule has 3 saturated heterocycles. The van der Waals surface area contributed by atoms with Gasteiger partial charge >= 0.3 is 6.18 Å². The summed E-state index contributed by atoms with van der Waals surface area (Å²) in [5.74, 6) is -8.79. The molecule has 3 N–H and O–H groups in total. The summed E-state index contributed by atoms with van der Waals surface area (Å²) < 4.78 is 41.6. The third kappa shape index (κ3) is 19.9. The topological polar surface area (TPSA) is 270 Å². The number of amides is 12. The van der Waals surface area contributed by atoms with E-state index in [-0.39, 0.29) is 63.3 Å². The van der Waals surface area contributed by atoms with Crippen molar-refractivity contribution in [3.05, 3.63) is 34.3 Å². The number of benzene rings is 1. The Labute approximate surface area is 586 Å². The molecule has 3 heterocycles. The van der Waals surface area contributed by atoms with Crippen LogP contribution in [0.2, 0.25) is 5.02 Å². The minimum atomic E-state index is -4.76. The van der Waals surface area contributed by atoms with E-state index in [1.165, 1.54) is 79.9 Å². The van der Waals surface area contributed by atoms with E-state index < -0.39 is 173 Å². The fourth-order valence-corrected chi connectivity index (χ4v) is 15.8. The van der Waals surface area contributed by atoms with Gasteiger partial charge in [0.1, 0.15) is 47.8 Å². The van der Waals surface area contributed by atoms with Gasteiger partial charge in [0.25, 0.3) is 0 Å². The lowest BCUT2D eigenvalue weighted by atomic mass is 9.81. The molecule has 552 valence electrons. The Morgan fingerprint density at radius 3 is 1.80 bits per heavy atom. The molecule has 0 aromatic heterocycles. The lowest BCUT2D eigenvalue weighted by Crippen LogP contribution is -2.65. The van der Waals surface area contributed by atoms with Crippen LogP contribution in [0.3, 0.4) is 0 Å². The number of carbonyl (C=O) groups is 12. The summed E-state index contributed by atoms with van der Waals surface area (Å²) in [5.41, 5.74) is -2.33. The van der Waals surface area contributed by atoms with Gasteiger partial charge in [-0.1, -0.05) is 110 Å². The van der Waals surface area contributed by atoms with Gasteiger partial charge < -0.3 is 60.0 Å². The Kier molecular flexibility index (Phi) is 28.0. The Balaban J connectivity index is 1.28. The normalized spacial score (nSPS) is 26.7. The molecule has 6 fully saturated rings. The number of nitrogens with zero attached hydrogens (tertiary/aromatic N) is 9. The molecule has 3 aliphatic heterocycles. The molecule has 28 heteroatoms. The molecule has 3 saturated carbocycles. The van der Waals surface area contributed by atoms with Crippen LogP contribution in [0.25, 0.3) is 0 Å². The van der Waals surface area contributed by atoms with Crippen molar-refractivity contribution in [2.24, 2.45) is 23.7 Å². The SMILES string of the molecule is CC(C)C[C@H]1C(=O)N[C@@H](C(C)C)C(=O)N(C)CC(=O)N(C)CC(=O)N(C)[C@@H](CC2CCCCC2)C(=O)N(C)CC(=O)N[C@@H](CCc2ccc(C(F)(F)F)c(Cl)c2)C(=O)N2CCCC2C(=O)NC2(CCCC2)C(=O)N(C)[C@@H](C2CCCCC2)C(=O)N(C)[C@H](C(=O)N2CCCC2)CC(=O)N1C. The summed E-state index contributed by atoms with van der Waals surface area (Å²) in [6.07, 6.45) is 5.84. The molecule has 1 unspecified atom stereocenters. The van der Waals surface area contributed by atoms with Crippen molar-refractivity contribution in [2.45, 2.75) is 229 Å². The Morgan fingerprint density at radius 1 is 0.606 bits per heavy atom. The minimum Gasteiger partial charge on any atom is -0.343 e. The molecule has 0 bridgehead atoms. The second-order valence-corrected chi connectivity index (χ2v) is 30.1. The van der Waals surface area contributed by atoms with Crippen molar-refractivity contribution < 1.29 is 70.7 Å². The first-order valence-electron chi connectivity index (χ1n) is 35.8. The number of rotatable bonds is 10. The van der Waals surface area contributed by atoms with Crippen molar-refractivity contribution in [1.82, 2.24) is 60.0 Å². The molecule has 7 atom stereocenters. The van der Waals surface area contributed by atoms with E-state index in [0.29, 0.717) is 63.6 Å². The van der Waals surface area contributed by atoms with Crippen molar-refractivity contribution in [1.29, 1.82) is 0 Å². The number of likely N-dealkylation sites (tertiary alicyclic amines) is 1. The number of hydrogen-bond acceptors (Lipinski definition) is 12. The second-order valence-electron chi connectivity index (χ2n) is 29.7. The summed E-state index contributed by atoms with van der Waals surface area (Å²) in [4.78, 5) is 190. The van der Waals surface area contributed by atoms with Crippen LogP contribution in [0.1, 0.15) is 180 Å². The molecule has 99 heavy (non-hydrogen) atoms. The maximum absolute atomic E-state index is 15.7. The molecular weight excluding hydrogens is 1310 g/mol. The van der Waals surface area contributed by atoms with Gasteiger partial charge in [0.05, 0.1) is 36.6 Å². The first-order chi connectivity index (χ1) is 46.7. The molecule has 24 nitrogen and oxygen atoms in total. The van der Waals surface area contributed by atoms with Crippen LogP contribution in [0.15, 0.2) is 18.2 Å². The van der Waals surface area contributed by atoms with Crippen LogP contribution >= 0.6 is 11.6 Å². The van der Waals surface area contributed by atoms with E-state index in [2.05, 4.69) is 16.0 Å². The van der Waals surface area contributed by atoms with E-state index in [1.54, 1.807) is 18.7 Å². The van der Waals surface area contributed by atoms with Gasteiger partial charge in [-0.25, -0.2) is 0 Å². The first-order valence-corrected chi connectivity index (χ1v) is 36.2. The fraction of sp³-hybridized carbons (Fsp3) is 0.746. The predicted octanol–water partition coefficient (Wildman–Crippen LogP) is 5.64. The van der Waals surface area contributed by atoms with Crippen molar-refractivity contribution in [3.63, 3.8) is 0 Å². The molecule has 1 aromatic carbocycles. The number of carbonyl (C=O) groups excluding carboxylic acids is 12. The Morgan fingerprint density at radius 2 is 1.20 bits per heavy atom. The predicted molar refractivity (Wildman–Crippen MR) is 364 cm³/mol. The lowest BCUT2D eigenvalue weighted by Gasteiger charge is -2.43. The maximum atomic E-state index is 15.7. The standard InChI is InChI=1S/C71H108ClF3N12O12/c1-44(2)37-53-62(92)77-60(45(3)4)67(97)81(7)42-58(90)79(5)43-59(91)83(9)54(39-46-23-14-12-15-24-46)65(95)80(6)41-56(88)76-51(31-29-47-28-30-49(50(72)38-47)71(73,74)75)64(94)87-36-22-27-52(87)63(93)78-70(32-18-19-33-70)69(99)85(11)61(48-25-16-13-17-26-48)68(98)84(10)55(40-57(89)82(53)8)66(96)86-34-20-21-35-86/h28,30,38,44-46,48,51-55,60-61H,12-27,29,31-37,39-43H2,1-11H3,(H,76,88)(H,77,92)(H,78,93)/t51-,52?,53-,54-,55-,60-,61-/m0/s1. The number of halogens is 4. The van der Waals surface area contributed by atoms with Crippen LogP contribution in [0.4, 0.5) is 13.2 Å². The highest BCUT2D eigenvalue weighted by Gasteiger charge is 2.51. The van der Waals surface area contributed by atoms with Gasteiger partial charge in [-0.05, 0) is 118 Å². The number of fused-ring (bicyclic) bond motifs is 1. The van der Waals surface area contributed by atoms with E-state index in [0.717, 1.165) is 78.2 Å². The smallest absolute Gasteiger partial charge is 0.343 e. The average molecular weight is 1410 g/mol. The maximum Gasteiger partial charge on any atom is 0.417 e. The summed E-state index contributed by atoms with van der Waals surface area (Å²) in [7, 11) is 9.97. The van der Waals surface area contributed by atoms with Gasteiger partial charge in [-0.3, -0.25) is 57.5 Å². The molecular formula is C71H108ClF3N12O12. The molecule has 0 radical (unpaired) electrons. The van der Waals surface area contributed by atoms with E-state index in [4.69, 9.17) is 11.6 Å². The zero-order valence-electron chi connectivity index (χ0n) is 60.0. The van der Waals surface area contributed by atoms with Gasteiger partial charge in [-0.15, -0.1) is 0 Å². The number of nitrogens with one attached hydrogen (secondary N) is 3. The number of aryl methyl sites for hydroxylation is 1. The number of likely N-dealkylation sites (N-methyl/N-ethyl adjacent to an activating group) is 7. The highest BCUT2D eigenvalue weighted by Crippen LogP contribution is 2.38. The van der Waals surface area contributed by atoms with Crippen LogP contribution in [-0.2, 0) is 70.1 Å².